The van der Waals surface area contributed by atoms with Crippen LogP contribution in [0.15, 0.2) is 18.6 Å². The molecule has 1 fully saturated rings. The fourth-order valence-electron chi connectivity index (χ4n) is 1.69. The number of aromatic amines is 1. The van der Waals surface area contributed by atoms with Gasteiger partial charge in [0.2, 0.25) is 11.8 Å². The summed E-state index contributed by atoms with van der Waals surface area (Å²) in [5.74, 6) is 0.0544. The van der Waals surface area contributed by atoms with Gasteiger partial charge in [0, 0.05) is 17.8 Å². The molecule has 0 aromatic carbocycles. The number of primary amides is 1. The van der Waals surface area contributed by atoms with Crippen LogP contribution in [0.1, 0.15) is 18.4 Å². The molecule has 0 radical (unpaired) electrons. The molecule has 0 bridgehead atoms. The molecule has 1 aliphatic carbocycles. The number of carbonyl (C=O) groups is 1. The number of carbonyl (C=O) groups excluding carboxylic acids is 1. The van der Waals surface area contributed by atoms with Gasteiger partial charge in [0.05, 0.1) is 5.39 Å². The number of nitrogens with one attached hydrogen (secondary N) is 1. The van der Waals surface area contributed by atoms with Gasteiger partial charge in [0.25, 0.3) is 0 Å². The number of nitrogens with two attached hydrogens (primary N) is 1. The predicted molar refractivity (Wildman–Crippen MR) is 65.8 cm³/mol. The molecule has 3 rings (SSSR count). The van der Waals surface area contributed by atoms with Gasteiger partial charge in [-0.05, 0) is 18.9 Å². The topological polar surface area (TPSA) is 93.9 Å². The number of hydrogen-bond donors (Lipinski definition) is 2. The van der Waals surface area contributed by atoms with Crippen molar-refractivity contribution in [2.24, 2.45) is 5.73 Å². The summed E-state index contributed by atoms with van der Waals surface area (Å²) in [4.78, 5) is 22.0. The average Bonchev–Trinajstić information content (AvgIpc) is 3.05. The maximum absolute atomic E-state index is 10.8. The Morgan fingerprint density at radius 1 is 1.50 bits per heavy atom. The minimum Gasteiger partial charge on any atom is -0.474 e. The quantitative estimate of drug-likeness (QED) is 0.784. The van der Waals surface area contributed by atoms with Crippen LogP contribution in [0.25, 0.3) is 17.1 Å². The van der Waals surface area contributed by atoms with Crippen LogP contribution >= 0.6 is 0 Å². The van der Waals surface area contributed by atoms with Crippen LogP contribution in [-0.4, -0.2) is 27.0 Å². The minimum atomic E-state index is -0.495. The van der Waals surface area contributed by atoms with Crippen LogP contribution in [0.3, 0.4) is 0 Å². The standard InChI is InChI=1S/C12H12N4O2/c13-9(17)4-1-7-5-14-11-10(7)12(16-6-15-11)18-8-2-3-8/h1,4-6,8H,2-3H2,(H2,13,17)(H,14,15,16)/b4-1+. The largest absolute Gasteiger partial charge is 0.474 e. The van der Waals surface area contributed by atoms with Crippen molar-refractivity contribution in [2.75, 3.05) is 0 Å². The zero-order valence-electron chi connectivity index (χ0n) is 9.59. The highest BCUT2D eigenvalue weighted by Crippen LogP contribution is 2.31. The summed E-state index contributed by atoms with van der Waals surface area (Å²) in [6.07, 6.45) is 8.51. The van der Waals surface area contributed by atoms with Gasteiger partial charge in [-0.3, -0.25) is 4.79 Å². The lowest BCUT2D eigenvalue weighted by molar-refractivity contribution is -0.113. The predicted octanol–water partition coefficient (Wildman–Crippen LogP) is 0.998. The van der Waals surface area contributed by atoms with E-state index in [0.29, 0.717) is 11.5 Å². The molecule has 1 aliphatic rings. The normalized spacial score (nSPS) is 15.3. The zero-order chi connectivity index (χ0) is 12.5. The Labute approximate surface area is 103 Å². The summed E-state index contributed by atoms with van der Waals surface area (Å²) >= 11 is 0. The molecule has 2 heterocycles. The van der Waals surface area contributed by atoms with E-state index in [0.717, 1.165) is 23.8 Å². The maximum atomic E-state index is 10.8. The van der Waals surface area contributed by atoms with E-state index in [1.807, 2.05) is 0 Å². The Morgan fingerprint density at radius 3 is 3.06 bits per heavy atom. The summed E-state index contributed by atoms with van der Waals surface area (Å²) in [6, 6.07) is 0. The Bertz CT molecular complexity index is 628. The van der Waals surface area contributed by atoms with E-state index >= 15 is 0 Å². The van der Waals surface area contributed by atoms with Crippen molar-refractivity contribution in [1.82, 2.24) is 15.0 Å². The van der Waals surface area contributed by atoms with Crippen LogP contribution in [-0.2, 0) is 4.79 Å². The van der Waals surface area contributed by atoms with E-state index in [9.17, 15) is 4.79 Å². The van der Waals surface area contributed by atoms with E-state index in [-0.39, 0.29) is 6.10 Å². The molecule has 0 unspecified atom stereocenters. The van der Waals surface area contributed by atoms with E-state index < -0.39 is 5.91 Å². The van der Waals surface area contributed by atoms with Crippen LogP contribution in [0.5, 0.6) is 5.88 Å². The van der Waals surface area contributed by atoms with Crippen molar-refractivity contribution in [1.29, 1.82) is 0 Å². The van der Waals surface area contributed by atoms with Gasteiger partial charge in [-0.25, -0.2) is 9.97 Å². The number of nitrogens with zero attached hydrogens (tertiary/aromatic N) is 2. The van der Waals surface area contributed by atoms with Gasteiger partial charge >= 0.3 is 0 Å². The van der Waals surface area contributed by atoms with Crippen molar-refractivity contribution in [2.45, 2.75) is 18.9 Å². The lowest BCUT2D eigenvalue weighted by Gasteiger charge is -2.04. The number of aromatic nitrogens is 3. The molecule has 0 atom stereocenters. The Balaban J connectivity index is 2.05. The molecule has 2 aromatic heterocycles. The summed E-state index contributed by atoms with van der Waals surface area (Å²) in [5.41, 5.74) is 6.56. The number of ether oxygens (including phenoxy) is 1. The molecule has 2 aromatic rings. The minimum absolute atomic E-state index is 0.256. The number of fused-ring (bicyclic) bond motifs is 1. The van der Waals surface area contributed by atoms with Gasteiger partial charge in [-0.2, -0.15) is 0 Å². The number of hydrogen-bond acceptors (Lipinski definition) is 4. The summed E-state index contributed by atoms with van der Waals surface area (Å²) < 4.78 is 5.72. The highest BCUT2D eigenvalue weighted by molar-refractivity contribution is 5.96. The maximum Gasteiger partial charge on any atom is 0.241 e. The first-order valence-corrected chi connectivity index (χ1v) is 5.70. The molecule has 6 nitrogen and oxygen atoms in total. The smallest absolute Gasteiger partial charge is 0.241 e. The van der Waals surface area contributed by atoms with Gasteiger partial charge < -0.3 is 15.5 Å². The number of amides is 1. The van der Waals surface area contributed by atoms with Gasteiger partial charge in [0.15, 0.2) is 0 Å². The Hall–Kier alpha value is -2.37. The molecule has 0 saturated heterocycles. The van der Waals surface area contributed by atoms with Crippen molar-refractivity contribution >= 4 is 23.0 Å². The lowest BCUT2D eigenvalue weighted by Crippen LogP contribution is -2.05. The first-order valence-electron chi connectivity index (χ1n) is 5.70. The summed E-state index contributed by atoms with van der Waals surface area (Å²) in [6.45, 7) is 0. The molecule has 92 valence electrons. The molecule has 6 heteroatoms. The molecule has 0 aliphatic heterocycles. The first kappa shape index (κ1) is 10.8. The third kappa shape index (κ3) is 2.04. The molecule has 18 heavy (non-hydrogen) atoms. The van der Waals surface area contributed by atoms with E-state index in [2.05, 4.69) is 15.0 Å². The van der Waals surface area contributed by atoms with Crippen LogP contribution < -0.4 is 10.5 Å². The second-order valence-corrected chi connectivity index (χ2v) is 4.20. The molecule has 1 saturated carbocycles. The van der Waals surface area contributed by atoms with E-state index in [4.69, 9.17) is 10.5 Å². The molecule has 3 N–H and O–H groups in total. The molecular formula is C12H12N4O2. The number of rotatable bonds is 4. The second kappa shape index (κ2) is 4.14. The highest BCUT2D eigenvalue weighted by atomic mass is 16.5. The lowest BCUT2D eigenvalue weighted by atomic mass is 10.2. The molecule has 1 amide bonds. The first-order chi connectivity index (χ1) is 8.74. The van der Waals surface area contributed by atoms with Crippen molar-refractivity contribution < 1.29 is 9.53 Å². The fourth-order valence-corrected chi connectivity index (χ4v) is 1.69. The van der Waals surface area contributed by atoms with Gasteiger partial charge in [0.1, 0.15) is 18.1 Å². The van der Waals surface area contributed by atoms with Crippen LogP contribution in [0.4, 0.5) is 0 Å². The monoisotopic (exact) mass is 244 g/mol. The SMILES string of the molecule is NC(=O)/C=C/c1c[nH]c2ncnc(OC3CC3)c12. The Kier molecular flexibility index (Phi) is 2.47. The summed E-state index contributed by atoms with van der Waals surface area (Å²) in [5, 5.41) is 0.780. The zero-order valence-corrected chi connectivity index (χ0v) is 9.59. The van der Waals surface area contributed by atoms with Crippen molar-refractivity contribution in [3.8, 4) is 5.88 Å². The third-order valence-electron chi connectivity index (χ3n) is 2.70. The van der Waals surface area contributed by atoms with Crippen molar-refractivity contribution in [3.05, 3.63) is 24.2 Å². The summed E-state index contributed by atoms with van der Waals surface area (Å²) in [7, 11) is 0. The van der Waals surface area contributed by atoms with Crippen LogP contribution in [0, 0.1) is 0 Å². The van der Waals surface area contributed by atoms with E-state index in [1.54, 1.807) is 12.3 Å². The van der Waals surface area contributed by atoms with Gasteiger partial charge in [-0.15, -0.1) is 0 Å². The number of H-pyrrole nitrogens is 1. The van der Waals surface area contributed by atoms with Gasteiger partial charge in [-0.1, -0.05) is 0 Å². The van der Waals surface area contributed by atoms with Crippen LogP contribution in [0.2, 0.25) is 0 Å². The Morgan fingerprint density at radius 2 is 2.33 bits per heavy atom. The highest BCUT2D eigenvalue weighted by Gasteiger charge is 2.25. The second-order valence-electron chi connectivity index (χ2n) is 4.20. The van der Waals surface area contributed by atoms with Crippen molar-refractivity contribution in [3.63, 3.8) is 0 Å². The third-order valence-corrected chi connectivity index (χ3v) is 2.70. The molecular weight excluding hydrogens is 232 g/mol. The fraction of sp³-hybridized carbons (Fsp3) is 0.250. The molecule has 0 spiro atoms. The average molecular weight is 244 g/mol. The van der Waals surface area contributed by atoms with E-state index in [1.165, 1.54) is 12.4 Å².